The summed E-state index contributed by atoms with van der Waals surface area (Å²) in [5.41, 5.74) is 1.82. The molecule has 4 heteroatoms. The van der Waals surface area contributed by atoms with Gasteiger partial charge in [-0.15, -0.1) is 0 Å². The lowest BCUT2D eigenvalue weighted by Gasteiger charge is -2.19. The first-order valence-corrected chi connectivity index (χ1v) is 4.72. The Labute approximate surface area is 80.5 Å². The molecule has 0 unspecified atom stereocenters. The first kappa shape index (κ1) is 7.67. The topological polar surface area (TPSA) is 47.2 Å². The van der Waals surface area contributed by atoms with Crippen LogP contribution in [0.4, 0.5) is 5.88 Å². The average Bonchev–Trinajstić information content (AvgIpc) is 2.61. The fraction of sp³-hybridized carbons (Fsp3) is 0.300. The van der Waals surface area contributed by atoms with Crippen molar-refractivity contribution < 1.29 is 4.42 Å². The summed E-state index contributed by atoms with van der Waals surface area (Å²) >= 11 is 0. The molecule has 1 N–H and O–H groups in total. The van der Waals surface area contributed by atoms with Gasteiger partial charge in [-0.1, -0.05) is 0 Å². The van der Waals surface area contributed by atoms with Crippen LogP contribution in [-0.2, 0) is 6.42 Å². The highest BCUT2D eigenvalue weighted by molar-refractivity contribution is 5.46. The van der Waals surface area contributed by atoms with Crippen molar-refractivity contribution in [2.24, 2.45) is 0 Å². The molecule has 0 radical (unpaired) electrons. The molecule has 0 aromatic carbocycles. The Kier molecular flexibility index (Phi) is 1.45. The summed E-state index contributed by atoms with van der Waals surface area (Å²) in [5.74, 6) is 0.733. The molecule has 0 aliphatic carbocycles. The second kappa shape index (κ2) is 2.64. The van der Waals surface area contributed by atoms with E-state index in [4.69, 9.17) is 4.42 Å². The van der Waals surface area contributed by atoms with Gasteiger partial charge in [0.25, 0.3) is 5.56 Å². The summed E-state index contributed by atoms with van der Waals surface area (Å²) in [6.45, 7) is 0.914. The SMILES string of the molecule is O=c1ccc2coc3c(n1-2)CCCN3. The third-order valence-corrected chi connectivity index (χ3v) is 2.58. The third kappa shape index (κ3) is 0.907. The summed E-state index contributed by atoms with van der Waals surface area (Å²) in [7, 11) is 0. The van der Waals surface area contributed by atoms with Crippen LogP contribution in [0, 0.1) is 0 Å². The number of rotatable bonds is 0. The van der Waals surface area contributed by atoms with E-state index in [1.54, 1.807) is 23.0 Å². The summed E-state index contributed by atoms with van der Waals surface area (Å²) in [5, 5.41) is 3.15. The zero-order valence-corrected chi connectivity index (χ0v) is 7.62. The van der Waals surface area contributed by atoms with E-state index in [0.717, 1.165) is 36.7 Å². The highest BCUT2D eigenvalue weighted by atomic mass is 16.3. The maximum absolute atomic E-state index is 11.5. The van der Waals surface area contributed by atoms with Crippen LogP contribution in [0.25, 0.3) is 5.69 Å². The van der Waals surface area contributed by atoms with Crippen LogP contribution in [0.2, 0.25) is 0 Å². The minimum absolute atomic E-state index is 0.0238. The van der Waals surface area contributed by atoms with E-state index in [1.807, 2.05) is 0 Å². The van der Waals surface area contributed by atoms with E-state index in [2.05, 4.69) is 5.32 Å². The quantitative estimate of drug-likeness (QED) is 0.679. The van der Waals surface area contributed by atoms with Crippen molar-refractivity contribution in [2.75, 3.05) is 11.9 Å². The number of anilines is 1. The molecule has 0 aromatic rings. The lowest BCUT2D eigenvalue weighted by Crippen LogP contribution is -2.22. The van der Waals surface area contributed by atoms with Crippen LogP contribution in [0.3, 0.4) is 0 Å². The second-order valence-corrected chi connectivity index (χ2v) is 3.47. The van der Waals surface area contributed by atoms with Gasteiger partial charge in [0.1, 0.15) is 6.26 Å². The fourth-order valence-corrected chi connectivity index (χ4v) is 1.93. The molecule has 14 heavy (non-hydrogen) atoms. The van der Waals surface area contributed by atoms with Gasteiger partial charge in [0.2, 0.25) is 5.88 Å². The molecular formula is C10H10N2O2. The second-order valence-electron chi connectivity index (χ2n) is 3.47. The van der Waals surface area contributed by atoms with Gasteiger partial charge >= 0.3 is 0 Å². The number of hydrogen-bond donors (Lipinski definition) is 1. The van der Waals surface area contributed by atoms with E-state index in [1.165, 1.54) is 0 Å². The van der Waals surface area contributed by atoms with Gasteiger partial charge in [-0.25, -0.2) is 0 Å². The molecule has 3 aliphatic rings. The van der Waals surface area contributed by atoms with Crippen molar-refractivity contribution in [3.05, 3.63) is 34.4 Å². The number of nitrogens with zero attached hydrogens (tertiary/aromatic N) is 1. The van der Waals surface area contributed by atoms with Gasteiger partial charge in [-0.3, -0.25) is 9.36 Å². The Morgan fingerprint density at radius 3 is 3.29 bits per heavy atom. The average molecular weight is 190 g/mol. The molecule has 0 amide bonds. The maximum Gasteiger partial charge on any atom is 0.255 e. The molecular weight excluding hydrogens is 180 g/mol. The van der Waals surface area contributed by atoms with Crippen molar-refractivity contribution in [3.63, 3.8) is 0 Å². The Hall–Kier alpha value is -1.71. The van der Waals surface area contributed by atoms with Crippen LogP contribution >= 0.6 is 0 Å². The van der Waals surface area contributed by atoms with E-state index < -0.39 is 0 Å². The molecule has 0 bridgehead atoms. The van der Waals surface area contributed by atoms with Crippen molar-refractivity contribution in [2.45, 2.75) is 12.8 Å². The highest BCUT2D eigenvalue weighted by Gasteiger charge is 2.18. The van der Waals surface area contributed by atoms with E-state index in [0.29, 0.717) is 0 Å². The molecule has 72 valence electrons. The molecule has 0 saturated carbocycles. The molecule has 4 nitrogen and oxygen atoms in total. The molecule has 3 heterocycles. The number of nitrogens with one attached hydrogen (secondary N) is 1. The van der Waals surface area contributed by atoms with Gasteiger partial charge in [-0.2, -0.15) is 0 Å². The van der Waals surface area contributed by atoms with Crippen LogP contribution < -0.4 is 10.9 Å². The smallest absolute Gasteiger partial charge is 0.255 e. The normalized spacial score (nSPS) is 15.1. The van der Waals surface area contributed by atoms with E-state index in [9.17, 15) is 4.79 Å². The summed E-state index contributed by atoms with van der Waals surface area (Å²) in [6, 6.07) is 3.35. The molecule has 0 saturated heterocycles. The molecule has 0 spiro atoms. The van der Waals surface area contributed by atoms with Crippen molar-refractivity contribution >= 4 is 5.88 Å². The minimum atomic E-state index is 0.0238. The molecule has 3 rings (SSSR count). The van der Waals surface area contributed by atoms with Crippen LogP contribution in [0.5, 0.6) is 0 Å². The molecule has 0 fully saturated rings. The predicted molar refractivity (Wildman–Crippen MR) is 52.3 cm³/mol. The first-order chi connectivity index (χ1) is 6.86. The van der Waals surface area contributed by atoms with Crippen molar-refractivity contribution in [1.29, 1.82) is 0 Å². The fourth-order valence-electron chi connectivity index (χ4n) is 1.93. The Balaban J connectivity index is 2.37. The van der Waals surface area contributed by atoms with Gasteiger partial charge in [-0.05, 0) is 18.9 Å². The number of aromatic nitrogens is 1. The lowest BCUT2D eigenvalue weighted by atomic mass is 10.2. The van der Waals surface area contributed by atoms with Gasteiger partial charge in [0.15, 0.2) is 0 Å². The van der Waals surface area contributed by atoms with Crippen molar-refractivity contribution in [1.82, 2.24) is 4.57 Å². The minimum Gasteiger partial charge on any atom is -0.445 e. The number of fused-ring (bicyclic) bond motifs is 3. The Morgan fingerprint density at radius 1 is 1.43 bits per heavy atom. The Morgan fingerprint density at radius 2 is 2.36 bits per heavy atom. The van der Waals surface area contributed by atoms with Gasteiger partial charge in [0, 0.05) is 12.6 Å². The monoisotopic (exact) mass is 190 g/mol. The van der Waals surface area contributed by atoms with Crippen molar-refractivity contribution in [3.8, 4) is 5.69 Å². The Bertz CT molecular complexity index is 498. The van der Waals surface area contributed by atoms with Crippen LogP contribution in [0.1, 0.15) is 12.1 Å². The molecule has 3 aliphatic heterocycles. The predicted octanol–water partition coefficient (Wildman–Crippen LogP) is 1.23. The summed E-state index contributed by atoms with van der Waals surface area (Å²) in [4.78, 5) is 11.5. The maximum atomic E-state index is 11.5. The van der Waals surface area contributed by atoms with Gasteiger partial charge < -0.3 is 9.73 Å². The largest absolute Gasteiger partial charge is 0.445 e. The van der Waals surface area contributed by atoms with E-state index in [-0.39, 0.29) is 5.56 Å². The summed E-state index contributed by atoms with van der Waals surface area (Å²) in [6.07, 6.45) is 3.55. The van der Waals surface area contributed by atoms with Gasteiger partial charge in [0.05, 0.1) is 11.4 Å². The van der Waals surface area contributed by atoms with Crippen LogP contribution in [-0.4, -0.2) is 11.1 Å². The zero-order valence-electron chi connectivity index (χ0n) is 7.62. The summed E-state index contributed by atoms with van der Waals surface area (Å²) < 4.78 is 7.12. The number of hydrogen-bond acceptors (Lipinski definition) is 3. The molecule has 0 aromatic heterocycles. The van der Waals surface area contributed by atoms with Crippen LogP contribution in [0.15, 0.2) is 27.6 Å². The highest BCUT2D eigenvalue weighted by Crippen LogP contribution is 2.24. The third-order valence-electron chi connectivity index (χ3n) is 2.58. The first-order valence-electron chi connectivity index (χ1n) is 4.72. The standard InChI is InChI=1S/C10H10N2O2/c13-9-4-3-7-6-14-10-8(12(7)9)2-1-5-11-10/h3-4,6,11H,1-2,5H2. The lowest BCUT2D eigenvalue weighted by molar-refractivity contribution is 0.520. The zero-order chi connectivity index (χ0) is 9.54. The molecule has 0 atom stereocenters. The van der Waals surface area contributed by atoms with E-state index >= 15 is 0 Å².